The van der Waals surface area contributed by atoms with Crippen LogP contribution in [0.25, 0.3) is 0 Å². The summed E-state index contributed by atoms with van der Waals surface area (Å²) in [5.41, 5.74) is 0.176. The number of nitrogens with zero attached hydrogens (tertiary/aromatic N) is 1. The maximum atomic E-state index is 12.7. The summed E-state index contributed by atoms with van der Waals surface area (Å²) in [6, 6.07) is 4.53. The molecule has 0 amide bonds. The van der Waals surface area contributed by atoms with E-state index in [0.29, 0.717) is 31.4 Å². The van der Waals surface area contributed by atoms with E-state index in [4.69, 9.17) is 4.74 Å². The molecule has 1 aromatic rings. The second kappa shape index (κ2) is 5.09. The van der Waals surface area contributed by atoms with E-state index in [0.717, 1.165) is 0 Å². The molecular formula is C15H20N2O5S. The van der Waals surface area contributed by atoms with Gasteiger partial charge in [0.25, 0.3) is 5.69 Å². The minimum atomic E-state index is -3.25. The molecule has 0 saturated heterocycles. The van der Waals surface area contributed by atoms with Gasteiger partial charge in [0.2, 0.25) is 0 Å². The molecular weight excluding hydrogens is 320 g/mol. The van der Waals surface area contributed by atoms with Gasteiger partial charge in [0.15, 0.2) is 15.5 Å². The van der Waals surface area contributed by atoms with E-state index in [1.807, 2.05) is 0 Å². The van der Waals surface area contributed by atoms with Crippen molar-refractivity contribution in [2.24, 2.45) is 0 Å². The number of sulfone groups is 1. The number of anilines is 1. The van der Waals surface area contributed by atoms with Gasteiger partial charge in [-0.05, 0) is 38.7 Å². The quantitative estimate of drug-likeness (QED) is 0.605. The van der Waals surface area contributed by atoms with Crippen molar-refractivity contribution in [2.75, 3.05) is 19.0 Å². The van der Waals surface area contributed by atoms with E-state index >= 15 is 0 Å². The predicted molar refractivity (Wildman–Crippen MR) is 86.7 cm³/mol. The molecule has 2 aliphatic rings. The normalized spacial score (nSPS) is 20.6. The third-order valence-electron chi connectivity index (χ3n) is 4.92. The highest BCUT2D eigenvalue weighted by Crippen LogP contribution is 2.56. The van der Waals surface area contributed by atoms with Gasteiger partial charge in [-0.2, -0.15) is 0 Å². The lowest BCUT2D eigenvalue weighted by Crippen LogP contribution is -2.38. The van der Waals surface area contributed by atoms with Crippen LogP contribution in [0.1, 0.15) is 32.6 Å². The standard InChI is InChI=1S/C15H20N2O5S/c1-14(6-7-14)23(20,21)15(8-9-15)10-22-12-5-3-4-11(17(18)19)13(12)16-2/h3-5,16H,6-10H2,1-2H3. The van der Waals surface area contributed by atoms with Crippen molar-refractivity contribution in [1.29, 1.82) is 0 Å². The largest absolute Gasteiger partial charge is 0.489 e. The van der Waals surface area contributed by atoms with Crippen molar-refractivity contribution in [3.8, 4) is 5.75 Å². The van der Waals surface area contributed by atoms with Gasteiger partial charge in [0, 0.05) is 13.1 Å². The van der Waals surface area contributed by atoms with Crippen molar-refractivity contribution in [3.05, 3.63) is 28.3 Å². The molecule has 0 aliphatic heterocycles. The van der Waals surface area contributed by atoms with Gasteiger partial charge in [-0.3, -0.25) is 10.1 Å². The molecule has 2 saturated carbocycles. The highest BCUT2D eigenvalue weighted by molar-refractivity contribution is 7.94. The van der Waals surface area contributed by atoms with E-state index < -0.39 is 24.3 Å². The van der Waals surface area contributed by atoms with Crippen molar-refractivity contribution >= 4 is 21.2 Å². The van der Waals surface area contributed by atoms with Crippen LogP contribution in [0.5, 0.6) is 5.75 Å². The maximum Gasteiger partial charge on any atom is 0.296 e. The molecule has 126 valence electrons. The highest BCUT2D eigenvalue weighted by atomic mass is 32.2. The SMILES string of the molecule is CNc1c(OCC2(S(=O)(=O)C3(C)CC3)CC2)cccc1[N+](=O)[O-]. The number of nitro groups is 1. The second-order valence-corrected chi connectivity index (χ2v) is 9.44. The number of hydrogen-bond acceptors (Lipinski definition) is 6. The van der Waals surface area contributed by atoms with Gasteiger partial charge in [0.1, 0.15) is 17.1 Å². The molecule has 0 spiro atoms. The van der Waals surface area contributed by atoms with E-state index in [9.17, 15) is 18.5 Å². The zero-order chi connectivity index (χ0) is 16.9. The average molecular weight is 340 g/mol. The Labute approximate surface area is 135 Å². The fraction of sp³-hybridized carbons (Fsp3) is 0.600. The van der Waals surface area contributed by atoms with Crippen LogP contribution in [-0.4, -0.2) is 36.5 Å². The van der Waals surface area contributed by atoms with Crippen LogP contribution in [0.4, 0.5) is 11.4 Å². The average Bonchev–Trinajstić information content (AvgIpc) is 3.41. The van der Waals surface area contributed by atoms with E-state index in [1.165, 1.54) is 12.1 Å². The lowest BCUT2D eigenvalue weighted by Gasteiger charge is -2.22. The molecule has 0 atom stereocenters. The summed E-state index contributed by atoms with van der Waals surface area (Å²) in [5.74, 6) is 0.309. The van der Waals surface area contributed by atoms with Crippen molar-refractivity contribution in [3.63, 3.8) is 0 Å². The Bertz CT molecular complexity index is 751. The third kappa shape index (κ3) is 2.45. The van der Waals surface area contributed by atoms with Crippen LogP contribution in [0, 0.1) is 10.1 Å². The summed E-state index contributed by atoms with van der Waals surface area (Å²) in [6.45, 7) is 1.83. The van der Waals surface area contributed by atoms with E-state index in [1.54, 1.807) is 20.0 Å². The van der Waals surface area contributed by atoms with Gasteiger partial charge in [-0.25, -0.2) is 8.42 Å². The Morgan fingerprint density at radius 2 is 1.96 bits per heavy atom. The van der Waals surface area contributed by atoms with Gasteiger partial charge in [-0.1, -0.05) is 6.07 Å². The molecule has 0 aromatic heterocycles. The van der Waals surface area contributed by atoms with E-state index in [-0.39, 0.29) is 18.0 Å². The first-order chi connectivity index (χ1) is 10.8. The Balaban J connectivity index is 1.82. The van der Waals surface area contributed by atoms with Crippen molar-refractivity contribution in [2.45, 2.75) is 42.1 Å². The van der Waals surface area contributed by atoms with Gasteiger partial charge >= 0.3 is 0 Å². The Kier molecular flexibility index (Phi) is 3.55. The Morgan fingerprint density at radius 1 is 1.30 bits per heavy atom. The summed E-state index contributed by atoms with van der Waals surface area (Å²) < 4.78 is 29.8. The molecule has 8 heteroatoms. The first-order valence-corrected chi connectivity index (χ1v) is 9.07. The fourth-order valence-corrected chi connectivity index (χ4v) is 5.39. The molecule has 0 bridgehead atoms. The monoisotopic (exact) mass is 340 g/mol. The molecule has 3 rings (SSSR count). The molecule has 1 aromatic carbocycles. The number of benzene rings is 1. The Hall–Kier alpha value is -1.83. The van der Waals surface area contributed by atoms with Gasteiger partial charge < -0.3 is 10.1 Å². The third-order valence-corrected chi connectivity index (χ3v) is 8.29. The number of para-hydroxylation sites is 1. The summed E-state index contributed by atoms with van der Waals surface area (Å²) in [4.78, 5) is 10.6. The maximum absolute atomic E-state index is 12.7. The number of hydrogen-bond donors (Lipinski definition) is 1. The molecule has 7 nitrogen and oxygen atoms in total. The number of rotatable bonds is 7. The molecule has 2 fully saturated rings. The van der Waals surface area contributed by atoms with Crippen LogP contribution < -0.4 is 10.1 Å². The minimum absolute atomic E-state index is 0.0424. The topological polar surface area (TPSA) is 98.5 Å². The summed E-state index contributed by atoms with van der Waals surface area (Å²) in [7, 11) is -1.68. The predicted octanol–water partition coefficient (Wildman–Crippen LogP) is 2.52. The van der Waals surface area contributed by atoms with Crippen LogP contribution in [0.3, 0.4) is 0 Å². The molecule has 2 aliphatic carbocycles. The smallest absolute Gasteiger partial charge is 0.296 e. The first kappa shape index (κ1) is 16.0. The molecule has 0 unspecified atom stereocenters. The fourth-order valence-electron chi connectivity index (χ4n) is 2.85. The molecule has 0 radical (unpaired) electrons. The Morgan fingerprint density at radius 3 is 2.43 bits per heavy atom. The number of ether oxygens (including phenoxy) is 1. The number of nitro benzene ring substituents is 1. The first-order valence-electron chi connectivity index (χ1n) is 7.58. The van der Waals surface area contributed by atoms with Crippen LogP contribution in [0.15, 0.2) is 18.2 Å². The van der Waals surface area contributed by atoms with Gasteiger partial charge in [0.05, 0.1) is 9.67 Å². The van der Waals surface area contributed by atoms with E-state index in [2.05, 4.69) is 5.32 Å². The number of nitrogens with one attached hydrogen (secondary N) is 1. The lowest BCUT2D eigenvalue weighted by atomic mass is 10.2. The highest BCUT2D eigenvalue weighted by Gasteiger charge is 2.65. The minimum Gasteiger partial charge on any atom is -0.489 e. The lowest BCUT2D eigenvalue weighted by molar-refractivity contribution is -0.384. The molecule has 1 N–H and O–H groups in total. The van der Waals surface area contributed by atoms with Crippen LogP contribution in [0.2, 0.25) is 0 Å². The van der Waals surface area contributed by atoms with Crippen LogP contribution in [-0.2, 0) is 9.84 Å². The van der Waals surface area contributed by atoms with Crippen LogP contribution >= 0.6 is 0 Å². The summed E-state index contributed by atoms with van der Waals surface area (Å²) in [5, 5.41) is 13.8. The molecule has 23 heavy (non-hydrogen) atoms. The van der Waals surface area contributed by atoms with Crippen molar-refractivity contribution in [1.82, 2.24) is 0 Å². The summed E-state index contributed by atoms with van der Waals surface area (Å²) >= 11 is 0. The summed E-state index contributed by atoms with van der Waals surface area (Å²) in [6.07, 6.45) is 2.59. The zero-order valence-corrected chi connectivity index (χ0v) is 14.0. The zero-order valence-electron chi connectivity index (χ0n) is 13.2. The second-order valence-electron chi connectivity index (χ2n) is 6.58. The van der Waals surface area contributed by atoms with Crippen molar-refractivity contribution < 1.29 is 18.1 Å². The molecule has 0 heterocycles. The van der Waals surface area contributed by atoms with Gasteiger partial charge in [-0.15, -0.1) is 0 Å².